The molecule has 3 rings (SSSR count). The zero-order chi connectivity index (χ0) is 15.7. The van der Waals surface area contributed by atoms with Crippen molar-refractivity contribution in [3.05, 3.63) is 40.6 Å². The van der Waals surface area contributed by atoms with Gasteiger partial charge in [-0.25, -0.2) is 4.79 Å². The number of hydrogen-bond acceptors (Lipinski definition) is 4. The number of halogens is 1. The summed E-state index contributed by atoms with van der Waals surface area (Å²) in [5.74, 6) is -0.831. The first-order valence-corrected chi connectivity index (χ1v) is 7.61. The van der Waals surface area contributed by atoms with Crippen LogP contribution in [0.15, 0.2) is 28.8 Å². The SMILES string of the molecule is CN1CCC(c2ccc(-c3cc(C(=O)O)on3)cc2Cl)CC1. The summed E-state index contributed by atoms with van der Waals surface area (Å²) in [6, 6.07) is 7.17. The van der Waals surface area contributed by atoms with Crippen molar-refractivity contribution < 1.29 is 14.4 Å². The largest absolute Gasteiger partial charge is 0.475 e. The third-order valence-corrected chi connectivity index (χ3v) is 4.50. The van der Waals surface area contributed by atoms with Crippen LogP contribution in [0.5, 0.6) is 0 Å². The van der Waals surface area contributed by atoms with Gasteiger partial charge in [0.2, 0.25) is 5.76 Å². The number of carboxylic acids is 1. The molecule has 5 nitrogen and oxygen atoms in total. The van der Waals surface area contributed by atoms with Gasteiger partial charge < -0.3 is 14.5 Å². The minimum atomic E-state index is -1.13. The van der Waals surface area contributed by atoms with E-state index >= 15 is 0 Å². The molecule has 0 radical (unpaired) electrons. The summed E-state index contributed by atoms with van der Waals surface area (Å²) in [6.07, 6.45) is 2.20. The van der Waals surface area contributed by atoms with E-state index in [2.05, 4.69) is 17.1 Å². The second kappa shape index (κ2) is 6.10. The maximum Gasteiger partial charge on any atom is 0.374 e. The predicted octanol–water partition coefficient (Wildman–Crippen LogP) is 3.50. The summed E-state index contributed by atoms with van der Waals surface area (Å²) in [7, 11) is 2.13. The Bertz CT molecular complexity index is 690. The molecule has 1 saturated heterocycles. The molecular weight excluding hydrogens is 304 g/mol. The van der Waals surface area contributed by atoms with Crippen LogP contribution in [0.4, 0.5) is 0 Å². The van der Waals surface area contributed by atoms with Crippen LogP contribution in [0.1, 0.15) is 34.9 Å². The van der Waals surface area contributed by atoms with Crippen molar-refractivity contribution >= 4 is 17.6 Å². The number of aromatic nitrogens is 1. The molecule has 0 atom stereocenters. The first-order valence-electron chi connectivity index (χ1n) is 7.23. The molecule has 1 fully saturated rings. The first-order chi connectivity index (χ1) is 10.5. The molecule has 0 spiro atoms. The van der Waals surface area contributed by atoms with Gasteiger partial charge in [-0.1, -0.05) is 28.9 Å². The van der Waals surface area contributed by atoms with Crippen molar-refractivity contribution in [2.75, 3.05) is 20.1 Å². The van der Waals surface area contributed by atoms with Crippen molar-refractivity contribution in [2.24, 2.45) is 0 Å². The number of likely N-dealkylation sites (tertiary alicyclic amines) is 1. The smallest absolute Gasteiger partial charge is 0.374 e. The summed E-state index contributed by atoms with van der Waals surface area (Å²) in [5.41, 5.74) is 2.40. The quantitative estimate of drug-likeness (QED) is 0.937. The van der Waals surface area contributed by atoms with Crippen molar-refractivity contribution in [2.45, 2.75) is 18.8 Å². The summed E-state index contributed by atoms with van der Waals surface area (Å²) < 4.78 is 4.78. The maximum atomic E-state index is 10.8. The predicted molar refractivity (Wildman–Crippen MR) is 83.4 cm³/mol. The number of hydrogen-bond donors (Lipinski definition) is 1. The van der Waals surface area contributed by atoms with Gasteiger partial charge in [-0.3, -0.25) is 0 Å². The highest BCUT2D eigenvalue weighted by Crippen LogP contribution is 2.34. The van der Waals surface area contributed by atoms with Crippen LogP contribution in [0, 0.1) is 0 Å². The molecule has 1 aromatic carbocycles. The molecule has 2 heterocycles. The number of aromatic carboxylic acids is 1. The lowest BCUT2D eigenvalue weighted by Gasteiger charge is -2.29. The molecule has 0 amide bonds. The maximum absolute atomic E-state index is 10.8. The van der Waals surface area contributed by atoms with Gasteiger partial charge in [0.15, 0.2) is 0 Å². The fourth-order valence-corrected chi connectivity index (χ4v) is 3.18. The second-order valence-electron chi connectivity index (χ2n) is 5.70. The molecule has 1 aliphatic heterocycles. The van der Waals surface area contributed by atoms with Crippen LogP contribution in [-0.2, 0) is 0 Å². The number of rotatable bonds is 3. The monoisotopic (exact) mass is 320 g/mol. The van der Waals surface area contributed by atoms with E-state index in [1.165, 1.54) is 6.07 Å². The molecule has 2 aromatic rings. The first kappa shape index (κ1) is 15.1. The number of nitrogens with zero attached hydrogens (tertiary/aromatic N) is 2. The van der Waals surface area contributed by atoms with Crippen LogP contribution in [0.25, 0.3) is 11.3 Å². The molecule has 1 aromatic heterocycles. The molecule has 22 heavy (non-hydrogen) atoms. The topological polar surface area (TPSA) is 66.6 Å². The Morgan fingerprint density at radius 1 is 1.36 bits per heavy atom. The van der Waals surface area contributed by atoms with E-state index < -0.39 is 5.97 Å². The highest BCUT2D eigenvalue weighted by molar-refractivity contribution is 6.31. The second-order valence-corrected chi connectivity index (χ2v) is 6.10. The highest BCUT2D eigenvalue weighted by Gasteiger charge is 2.21. The van der Waals surface area contributed by atoms with E-state index in [9.17, 15) is 4.79 Å². The zero-order valence-corrected chi connectivity index (χ0v) is 13.0. The van der Waals surface area contributed by atoms with Gasteiger partial charge in [-0.15, -0.1) is 0 Å². The van der Waals surface area contributed by atoms with E-state index in [1.54, 1.807) is 0 Å². The average molecular weight is 321 g/mol. The Morgan fingerprint density at radius 2 is 2.09 bits per heavy atom. The lowest BCUT2D eigenvalue weighted by Crippen LogP contribution is -2.29. The minimum absolute atomic E-state index is 0.175. The van der Waals surface area contributed by atoms with Gasteiger partial charge in [-0.05, 0) is 50.5 Å². The number of benzene rings is 1. The van der Waals surface area contributed by atoms with Gasteiger partial charge in [0.1, 0.15) is 5.69 Å². The van der Waals surface area contributed by atoms with Gasteiger partial charge in [0.25, 0.3) is 0 Å². The van der Waals surface area contributed by atoms with Crippen molar-refractivity contribution in [3.63, 3.8) is 0 Å². The Labute approximate surface area is 133 Å². The Morgan fingerprint density at radius 3 is 2.68 bits per heavy atom. The summed E-state index contributed by atoms with van der Waals surface area (Å²) in [6.45, 7) is 2.15. The van der Waals surface area contributed by atoms with Crippen LogP contribution >= 0.6 is 11.6 Å². The standard InChI is InChI=1S/C16H17ClN2O3/c1-19-6-4-10(5-7-19)12-3-2-11(8-13(12)17)14-9-15(16(20)21)22-18-14/h2-3,8-10H,4-7H2,1H3,(H,20,21). The van der Waals surface area contributed by atoms with E-state index in [-0.39, 0.29) is 5.76 Å². The van der Waals surface area contributed by atoms with Crippen molar-refractivity contribution in [1.29, 1.82) is 0 Å². The lowest BCUT2D eigenvalue weighted by molar-refractivity contribution is 0.0652. The highest BCUT2D eigenvalue weighted by atomic mass is 35.5. The van der Waals surface area contributed by atoms with Gasteiger partial charge >= 0.3 is 5.97 Å². The Kier molecular flexibility index (Phi) is 4.18. The van der Waals surface area contributed by atoms with Crippen molar-refractivity contribution in [1.82, 2.24) is 10.1 Å². The van der Waals surface area contributed by atoms with Crippen molar-refractivity contribution in [3.8, 4) is 11.3 Å². The molecule has 0 saturated carbocycles. The Balaban J connectivity index is 1.83. The normalized spacial score (nSPS) is 16.8. The molecule has 6 heteroatoms. The van der Waals surface area contributed by atoms with Crippen LogP contribution in [-0.4, -0.2) is 41.3 Å². The molecule has 0 unspecified atom stereocenters. The van der Waals surface area contributed by atoms with E-state index in [1.807, 2.05) is 18.2 Å². The van der Waals surface area contributed by atoms with Crippen LogP contribution in [0.2, 0.25) is 5.02 Å². The van der Waals surface area contributed by atoms with Gasteiger partial charge in [-0.2, -0.15) is 0 Å². The number of carboxylic acid groups (broad SMARTS) is 1. The lowest BCUT2D eigenvalue weighted by atomic mass is 9.89. The fraction of sp³-hybridized carbons (Fsp3) is 0.375. The Hall–Kier alpha value is -1.85. The average Bonchev–Trinajstić information content (AvgIpc) is 2.98. The van der Waals surface area contributed by atoms with Crippen LogP contribution in [0.3, 0.4) is 0 Å². The summed E-state index contributed by atoms with van der Waals surface area (Å²) >= 11 is 6.43. The van der Waals surface area contributed by atoms with E-state index in [0.717, 1.165) is 37.1 Å². The van der Waals surface area contributed by atoms with Crippen LogP contribution < -0.4 is 0 Å². The molecule has 1 N–H and O–H groups in total. The minimum Gasteiger partial charge on any atom is -0.475 e. The third kappa shape index (κ3) is 3.00. The molecule has 1 aliphatic rings. The summed E-state index contributed by atoms with van der Waals surface area (Å²) in [5, 5.41) is 13.4. The van der Waals surface area contributed by atoms with E-state index in [4.69, 9.17) is 21.2 Å². The summed E-state index contributed by atoms with van der Waals surface area (Å²) in [4.78, 5) is 13.2. The van der Waals surface area contributed by atoms with Gasteiger partial charge in [0, 0.05) is 16.7 Å². The van der Waals surface area contributed by atoms with Gasteiger partial charge in [0.05, 0.1) is 0 Å². The molecule has 0 bridgehead atoms. The number of piperidine rings is 1. The zero-order valence-electron chi connectivity index (χ0n) is 12.3. The fourth-order valence-electron chi connectivity index (χ4n) is 2.85. The molecular formula is C16H17ClN2O3. The molecule has 116 valence electrons. The number of carbonyl (C=O) groups is 1. The van der Waals surface area contributed by atoms with E-state index in [0.29, 0.717) is 16.6 Å². The molecule has 0 aliphatic carbocycles. The third-order valence-electron chi connectivity index (χ3n) is 4.18.